The van der Waals surface area contributed by atoms with Crippen LogP contribution in [0.15, 0.2) is 24.5 Å². The van der Waals surface area contributed by atoms with Crippen molar-refractivity contribution in [1.82, 2.24) is 14.7 Å². The first-order chi connectivity index (χ1) is 9.60. The Balaban J connectivity index is 0.000000882. The molecule has 0 saturated heterocycles. The van der Waals surface area contributed by atoms with E-state index in [-0.39, 0.29) is 42.6 Å². The van der Waals surface area contributed by atoms with Crippen molar-refractivity contribution in [1.29, 1.82) is 0 Å². The molecule has 0 aliphatic heterocycles. The Hall–Kier alpha value is -0.590. The van der Waals surface area contributed by atoms with Crippen molar-refractivity contribution in [2.24, 2.45) is 11.1 Å². The maximum Gasteiger partial charge on any atom is 0.137 e. The summed E-state index contributed by atoms with van der Waals surface area (Å²) in [5.41, 5.74) is 8.10. The van der Waals surface area contributed by atoms with Gasteiger partial charge >= 0.3 is 0 Å². The molecule has 3 aliphatic rings. The molecule has 3 saturated carbocycles. The lowest BCUT2D eigenvalue weighted by Crippen LogP contribution is -2.67. The summed E-state index contributed by atoms with van der Waals surface area (Å²) in [6.07, 6.45) is 6.31. The van der Waals surface area contributed by atoms with E-state index < -0.39 is 5.67 Å². The number of rotatable bonds is 5. The van der Waals surface area contributed by atoms with Gasteiger partial charge in [-0.2, -0.15) is 0 Å². The molecular weight excluding hydrogens is 362 g/mol. The van der Waals surface area contributed by atoms with Crippen LogP contribution in [0.5, 0.6) is 0 Å². The topological polar surface area (TPSA) is 55.4 Å². The monoisotopic (exact) mass is 382 g/mol. The standard InChI is InChI=1S/C15H19FN4.3ClH/c16-15-7-14(8-15,9-15)10-18-4-11-1-2-13-19-12(3-17)6-20(13)5-11;;;/h1-2,5-6,18H,3-4,7-10,17H2;3*1H. The Labute approximate surface area is 153 Å². The van der Waals surface area contributed by atoms with Crippen LogP contribution in [0.2, 0.25) is 0 Å². The van der Waals surface area contributed by atoms with Gasteiger partial charge < -0.3 is 15.5 Å². The zero-order chi connectivity index (χ0) is 13.8. The number of imidazole rings is 1. The molecule has 3 N–H and O–H groups in total. The summed E-state index contributed by atoms with van der Waals surface area (Å²) in [5, 5.41) is 3.46. The molecule has 5 rings (SSSR count). The first kappa shape index (κ1) is 20.5. The van der Waals surface area contributed by atoms with Gasteiger partial charge in [-0.05, 0) is 36.3 Å². The fourth-order valence-corrected chi connectivity index (χ4v) is 3.81. The maximum atomic E-state index is 13.4. The molecule has 2 aromatic heterocycles. The number of nitrogens with zero attached hydrogens (tertiary/aromatic N) is 2. The molecule has 0 amide bonds. The highest BCUT2D eigenvalue weighted by Gasteiger charge is 2.68. The van der Waals surface area contributed by atoms with Crippen molar-refractivity contribution in [2.75, 3.05) is 6.54 Å². The van der Waals surface area contributed by atoms with Gasteiger partial charge in [0.25, 0.3) is 0 Å². The zero-order valence-electron chi connectivity index (χ0n) is 12.6. The summed E-state index contributed by atoms with van der Waals surface area (Å²) >= 11 is 0. The molecule has 23 heavy (non-hydrogen) atoms. The number of pyridine rings is 1. The molecule has 0 radical (unpaired) electrons. The largest absolute Gasteiger partial charge is 0.325 e. The molecule has 0 unspecified atom stereocenters. The van der Waals surface area contributed by atoms with Gasteiger partial charge in [-0.15, -0.1) is 37.2 Å². The number of aromatic nitrogens is 2. The van der Waals surface area contributed by atoms with Gasteiger partial charge in [0.05, 0.1) is 5.69 Å². The van der Waals surface area contributed by atoms with Crippen LogP contribution in [0.4, 0.5) is 4.39 Å². The van der Waals surface area contributed by atoms with Gasteiger partial charge in [0, 0.05) is 32.0 Å². The van der Waals surface area contributed by atoms with Crippen LogP contribution in [0.3, 0.4) is 0 Å². The number of hydrogen-bond acceptors (Lipinski definition) is 3. The van der Waals surface area contributed by atoms with E-state index in [1.54, 1.807) is 0 Å². The van der Waals surface area contributed by atoms with Crippen LogP contribution in [0.25, 0.3) is 5.65 Å². The molecule has 130 valence electrons. The fourth-order valence-electron chi connectivity index (χ4n) is 3.81. The van der Waals surface area contributed by atoms with E-state index in [9.17, 15) is 4.39 Å². The van der Waals surface area contributed by atoms with Gasteiger partial charge in [-0.3, -0.25) is 0 Å². The summed E-state index contributed by atoms with van der Waals surface area (Å²) in [6.45, 7) is 2.20. The van der Waals surface area contributed by atoms with Crippen LogP contribution in [-0.2, 0) is 13.1 Å². The van der Waals surface area contributed by atoms with Gasteiger partial charge in [0.15, 0.2) is 0 Å². The molecule has 8 heteroatoms. The Bertz CT molecular complexity index is 656. The lowest BCUT2D eigenvalue weighted by molar-refractivity contribution is -0.209. The Morgan fingerprint density at radius 3 is 2.48 bits per heavy atom. The molecule has 2 bridgehead atoms. The average molecular weight is 384 g/mol. The number of fused-ring (bicyclic) bond motifs is 1. The summed E-state index contributed by atoms with van der Waals surface area (Å²) < 4.78 is 15.4. The molecular formula is C15H22Cl3FN4. The van der Waals surface area contributed by atoms with Crippen molar-refractivity contribution in [2.45, 2.75) is 38.0 Å². The van der Waals surface area contributed by atoms with Crippen LogP contribution < -0.4 is 11.1 Å². The van der Waals surface area contributed by atoms with Crippen LogP contribution in [-0.4, -0.2) is 21.6 Å². The highest BCUT2D eigenvalue weighted by molar-refractivity contribution is 5.86. The van der Waals surface area contributed by atoms with E-state index in [0.29, 0.717) is 6.54 Å². The molecule has 2 heterocycles. The third-order valence-corrected chi connectivity index (χ3v) is 4.68. The summed E-state index contributed by atoms with van der Waals surface area (Å²) in [5.74, 6) is 0. The Morgan fingerprint density at radius 1 is 1.17 bits per heavy atom. The fraction of sp³-hybridized carbons (Fsp3) is 0.533. The molecule has 3 aliphatic carbocycles. The Kier molecular flexibility index (Phi) is 6.33. The second-order valence-corrected chi connectivity index (χ2v) is 6.52. The lowest BCUT2D eigenvalue weighted by atomic mass is 9.42. The van der Waals surface area contributed by atoms with Gasteiger partial charge in [-0.1, -0.05) is 6.07 Å². The van der Waals surface area contributed by atoms with E-state index in [0.717, 1.165) is 43.7 Å². The minimum absolute atomic E-state index is 0. The number of hydrogen-bond donors (Lipinski definition) is 2. The lowest BCUT2D eigenvalue weighted by Gasteiger charge is -2.66. The van der Waals surface area contributed by atoms with Crippen LogP contribution in [0, 0.1) is 5.41 Å². The molecule has 0 aromatic carbocycles. The van der Waals surface area contributed by atoms with Gasteiger partial charge in [-0.25, -0.2) is 9.37 Å². The summed E-state index contributed by atoms with van der Waals surface area (Å²) in [7, 11) is 0. The number of alkyl halides is 1. The van der Waals surface area contributed by atoms with E-state index in [2.05, 4.69) is 22.6 Å². The third-order valence-electron chi connectivity index (χ3n) is 4.68. The smallest absolute Gasteiger partial charge is 0.137 e. The zero-order valence-corrected chi connectivity index (χ0v) is 15.1. The van der Waals surface area contributed by atoms with E-state index in [1.807, 2.05) is 16.7 Å². The molecule has 0 spiro atoms. The summed E-state index contributed by atoms with van der Waals surface area (Å²) in [6, 6.07) is 4.09. The molecule has 2 aromatic rings. The maximum absolute atomic E-state index is 13.4. The molecule has 3 fully saturated rings. The van der Waals surface area contributed by atoms with E-state index in [4.69, 9.17) is 5.73 Å². The molecule has 4 nitrogen and oxygen atoms in total. The highest BCUT2D eigenvalue weighted by Crippen LogP contribution is 2.69. The third kappa shape index (κ3) is 3.59. The van der Waals surface area contributed by atoms with Gasteiger partial charge in [0.2, 0.25) is 0 Å². The second-order valence-electron chi connectivity index (χ2n) is 6.52. The van der Waals surface area contributed by atoms with Crippen molar-refractivity contribution in [3.05, 3.63) is 35.8 Å². The first-order valence-corrected chi connectivity index (χ1v) is 7.16. The van der Waals surface area contributed by atoms with Gasteiger partial charge in [0.1, 0.15) is 11.3 Å². The minimum atomic E-state index is -0.796. The van der Waals surface area contributed by atoms with E-state index >= 15 is 0 Å². The molecule has 0 atom stereocenters. The highest BCUT2D eigenvalue weighted by atomic mass is 35.5. The quantitative estimate of drug-likeness (QED) is 0.834. The average Bonchev–Trinajstić information content (AvgIpc) is 2.77. The van der Waals surface area contributed by atoms with Crippen molar-refractivity contribution in [3.63, 3.8) is 0 Å². The minimum Gasteiger partial charge on any atom is -0.325 e. The Morgan fingerprint density at radius 2 is 1.87 bits per heavy atom. The SMILES string of the molecule is Cl.Cl.Cl.NCc1cn2cc(CNCC34CC(F)(C3)C4)ccc2n1. The van der Waals surface area contributed by atoms with Crippen LogP contribution in [0.1, 0.15) is 30.5 Å². The van der Waals surface area contributed by atoms with Crippen molar-refractivity contribution in [3.8, 4) is 0 Å². The number of nitrogens with one attached hydrogen (secondary N) is 1. The normalized spacial score (nSPS) is 27.0. The van der Waals surface area contributed by atoms with Crippen LogP contribution >= 0.6 is 37.2 Å². The summed E-state index contributed by atoms with van der Waals surface area (Å²) in [4.78, 5) is 4.40. The van der Waals surface area contributed by atoms with Crippen molar-refractivity contribution >= 4 is 42.9 Å². The van der Waals surface area contributed by atoms with E-state index in [1.165, 1.54) is 5.56 Å². The predicted octanol–water partition coefficient (Wildman–Crippen LogP) is 3.04. The number of halogens is 4. The predicted molar refractivity (Wildman–Crippen MR) is 96.7 cm³/mol. The van der Waals surface area contributed by atoms with Crippen molar-refractivity contribution < 1.29 is 4.39 Å². The first-order valence-electron chi connectivity index (χ1n) is 7.16. The second kappa shape index (κ2) is 7.11. The number of nitrogens with two attached hydrogens (primary N) is 1.